The van der Waals surface area contributed by atoms with Crippen molar-refractivity contribution in [2.45, 2.75) is 20.0 Å². The molecule has 2 aromatic heterocycles. The molecular weight excluding hydrogens is 294 g/mol. The van der Waals surface area contributed by atoms with Crippen molar-refractivity contribution in [2.75, 3.05) is 19.0 Å². The second kappa shape index (κ2) is 6.85. The summed E-state index contributed by atoms with van der Waals surface area (Å²) in [4.78, 5) is 9.74. The van der Waals surface area contributed by atoms with Gasteiger partial charge < -0.3 is 10.1 Å². The maximum Gasteiger partial charge on any atom is 0.138 e. The van der Waals surface area contributed by atoms with Gasteiger partial charge in [-0.15, -0.1) is 11.3 Å². The molecule has 4 nitrogen and oxygen atoms in total. The molecule has 3 aromatic rings. The fourth-order valence-electron chi connectivity index (χ4n) is 2.56. The highest BCUT2D eigenvalue weighted by Crippen LogP contribution is 2.28. The highest BCUT2D eigenvalue weighted by molar-refractivity contribution is 7.17. The lowest BCUT2D eigenvalue weighted by atomic mass is 10.1. The van der Waals surface area contributed by atoms with Crippen molar-refractivity contribution in [1.29, 1.82) is 0 Å². The van der Waals surface area contributed by atoms with E-state index < -0.39 is 0 Å². The number of nitrogens with one attached hydrogen (secondary N) is 1. The Morgan fingerprint density at radius 1 is 1.18 bits per heavy atom. The van der Waals surface area contributed by atoms with Crippen LogP contribution in [0.15, 0.2) is 36.0 Å². The van der Waals surface area contributed by atoms with Crippen molar-refractivity contribution in [3.8, 4) is 0 Å². The van der Waals surface area contributed by atoms with Crippen LogP contribution in [-0.4, -0.2) is 23.6 Å². The summed E-state index contributed by atoms with van der Waals surface area (Å²) in [7, 11) is 1.73. The Kier molecular flexibility index (Phi) is 4.65. The monoisotopic (exact) mass is 313 g/mol. The van der Waals surface area contributed by atoms with Crippen LogP contribution in [0.4, 0.5) is 5.82 Å². The highest BCUT2D eigenvalue weighted by atomic mass is 32.1. The van der Waals surface area contributed by atoms with Crippen molar-refractivity contribution < 1.29 is 4.74 Å². The van der Waals surface area contributed by atoms with Gasteiger partial charge in [0.05, 0.1) is 12.0 Å². The number of fused-ring (bicyclic) bond motifs is 1. The number of ether oxygens (including phenoxy) is 1. The van der Waals surface area contributed by atoms with Crippen molar-refractivity contribution >= 4 is 27.4 Å². The van der Waals surface area contributed by atoms with Crippen LogP contribution in [0.2, 0.25) is 0 Å². The van der Waals surface area contributed by atoms with E-state index in [0.717, 1.165) is 29.0 Å². The van der Waals surface area contributed by atoms with Crippen LogP contribution < -0.4 is 5.32 Å². The largest absolute Gasteiger partial charge is 0.380 e. The van der Waals surface area contributed by atoms with Gasteiger partial charge in [-0.1, -0.05) is 24.3 Å². The lowest BCUT2D eigenvalue weighted by molar-refractivity contribution is 0.184. The molecule has 2 heterocycles. The topological polar surface area (TPSA) is 47.0 Å². The molecule has 3 rings (SSSR count). The average Bonchev–Trinajstić information content (AvgIpc) is 2.92. The molecule has 0 unspecified atom stereocenters. The third-order valence-electron chi connectivity index (χ3n) is 3.66. The summed E-state index contributed by atoms with van der Waals surface area (Å²) < 4.78 is 5.26. The normalized spacial score (nSPS) is 11.0. The summed E-state index contributed by atoms with van der Waals surface area (Å²) in [6.07, 6.45) is 2.56. The predicted molar refractivity (Wildman–Crippen MR) is 91.5 cm³/mol. The third-order valence-corrected chi connectivity index (χ3v) is 4.66. The van der Waals surface area contributed by atoms with Gasteiger partial charge in [0.1, 0.15) is 17.0 Å². The van der Waals surface area contributed by atoms with Crippen LogP contribution in [0, 0.1) is 6.92 Å². The molecule has 0 atom stereocenters. The number of rotatable bonds is 6. The highest BCUT2D eigenvalue weighted by Gasteiger charge is 2.08. The van der Waals surface area contributed by atoms with Gasteiger partial charge in [-0.05, 0) is 35.4 Å². The van der Waals surface area contributed by atoms with Gasteiger partial charge in [-0.2, -0.15) is 0 Å². The van der Waals surface area contributed by atoms with E-state index in [1.54, 1.807) is 24.8 Å². The van der Waals surface area contributed by atoms with E-state index >= 15 is 0 Å². The molecule has 22 heavy (non-hydrogen) atoms. The summed E-state index contributed by atoms with van der Waals surface area (Å²) in [5.41, 5.74) is 3.78. The second-order valence-corrected chi connectivity index (χ2v) is 6.06. The first-order valence-electron chi connectivity index (χ1n) is 7.28. The minimum Gasteiger partial charge on any atom is -0.380 e. The van der Waals surface area contributed by atoms with Gasteiger partial charge >= 0.3 is 0 Å². The van der Waals surface area contributed by atoms with Gasteiger partial charge in [-0.25, -0.2) is 9.97 Å². The molecule has 0 spiro atoms. The fraction of sp³-hybridized carbons (Fsp3) is 0.294. The number of aromatic nitrogens is 2. The molecule has 0 aliphatic rings. The Hall–Kier alpha value is -1.98. The van der Waals surface area contributed by atoms with Crippen molar-refractivity contribution in [3.63, 3.8) is 0 Å². The van der Waals surface area contributed by atoms with Crippen LogP contribution in [0.1, 0.15) is 16.7 Å². The zero-order chi connectivity index (χ0) is 15.4. The van der Waals surface area contributed by atoms with Crippen molar-refractivity contribution in [3.05, 3.63) is 52.7 Å². The number of methoxy groups -OCH3 is 1. The van der Waals surface area contributed by atoms with E-state index in [9.17, 15) is 0 Å². The lowest BCUT2D eigenvalue weighted by Crippen LogP contribution is -2.08. The maximum atomic E-state index is 5.26. The van der Waals surface area contributed by atoms with Crippen LogP contribution in [0.5, 0.6) is 0 Å². The third kappa shape index (κ3) is 3.10. The van der Waals surface area contributed by atoms with Gasteiger partial charge in [0.2, 0.25) is 0 Å². The first kappa shape index (κ1) is 14.9. The number of hydrogen-bond donors (Lipinski definition) is 1. The molecule has 0 amide bonds. The summed E-state index contributed by atoms with van der Waals surface area (Å²) in [5, 5.41) is 6.71. The van der Waals surface area contributed by atoms with Gasteiger partial charge in [0.15, 0.2) is 0 Å². The fourth-order valence-corrected chi connectivity index (χ4v) is 3.45. The molecule has 0 saturated carbocycles. The molecule has 5 heteroatoms. The van der Waals surface area contributed by atoms with Crippen LogP contribution in [-0.2, 0) is 17.8 Å². The molecular formula is C17H19N3OS. The molecule has 0 saturated heterocycles. The van der Waals surface area contributed by atoms with Crippen LogP contribution >= 0.6 is 11.3 Å². The first-order chi connectivity index (χ1) is 10.8. The Morgan fingerprint density at radius 2 is 2.00 bits per heavy atom. The zero-order valence-corrected chi connectivity index (χ0v) is 13.6. The van der Waals surface area contributed by atoms with Gasteiger partial charge in [0, 0.05) is 13.7 Å². The van der Waals surface area contributed by atoms with E-state index in [1.807, 2.05) is 6.07 Å². The number of benzene rings is 1. The Bertz CT molecular complexity index is 769. The number of anilines is 1. The number of hydrogen-bond acceptors (Lipinski definition) is 5. The van der Waals surface area contributed by atoms with E-state index in [4.69, 9.17) is 4.74 Å². The Labute approximate surface area is 134 Å². The minimum absolute atomic E-state index is 0.650. The molecule has 0 aliphatic carbocycles. The van der Waals surface area contributed by atoms with Crippen molar-refractivity contribution in [1.82, 2.24) is 9.97 Å². The van der Waals surface area contributed by atoms with E-state index in [-0.39, 0.29) is 0 Å². The molecule has 1 N–H and O–H groups in total. The number of nitrogens with zero attached hydrogens (tertiary/aromatic N) is 2. The maximum absolute atomic E-state index is 5.26. The van der Waals surface area contributed by atoms with Crippen molar-refractivity contribution in [2.24, 2.45) is 0 Å². The van der Waals surface area contributed by atoms with Gasteiger partial charge in [-0.3, -0.25) is 0 Å². The SMILES string of the molecule is COCc1ccccc1CCNc1ncnc2scc(C)c12. The van der Waals surface area contributed by atoms with Gasteiger partial charge in [0.25, 0.3) is 0 Å². The average molecular weight is 313 g/mol. The minimum atomic E-state index is 0.650. The molecule has 0 fully saturated rings. The smallest absolute Gasteiger partial charge is 0.138 e. The summed E-state index contributed by atoms with van der Waals surface area (Å²) in [6, 6.07) is 8.39. The lowest BCUT2D eigenvalue weighted by Gasteiger charge is -2.10. The summed E-state index contributed by atoms with van der Waals surface area (Å²) in [5.74, 6) is 0.924. The molecule has 0 bridgehead atoms. The predicted octanol–water partition coefficient (Wildman–Crippen LogP) is 3.80. The molecule has 114 valence electrons. The van der Waals surface area contributed by atoms with E-state index in [2.05, 4.69) is 45.8 Å². The molecule has 0 aliphatic heterocycles. The van der Waals surface area contributed by atoms with E-state index in [1.165, 1.54) is 16.7 Å². The quantitative estimate of drug-likeness (QED) is 0.752. The molecule has 0 radical (unpaired) electrons. The first-order valence-corrected chi connectivity index (χ1v) is 8.16. The summed E-state index contributed by atoms with van der Waals surface area (Å²) in [6.45, 7) is 3.58. The molecule has 1 aromatic carbocycles. The standard InChI is InChI=1S/C17H19N3OS/c1-12-10-22-17-15(12)16(19-11-20-17)18-8-7-13-5-3-4-6-14(13)9-21-2/h3-6,10-11H,7-9H2,1-2H3,(H,18,19,20). The Morgan fingerprint density at radius 3 is 2.82 bits per heavy atom. The van der Waals surface area contributed by atoms with Crippen LogP contribution in [0.25, 0.3) is 10.2 Å². The number of thiophene rings is 1. The number of aryl methyl sites for hydroxylation is 1. The summed E-state index contributed by atoms with van der Waals surface area (Å²) >= 11 is 1.66. The van der Waals surface area contributed by atoms with E-state index in [0.29, 0.717) is 6.61 Å². The Balaban J connectivity index is 1.72. The zero-order valence-electron chi connectivity index (χ0n) is 12.8. The van der Waals surface area contributed by atoms with Crippen LogP contribution in [0.3, 0.4) is 0 Å². The second-order valence-electron chi connectivity index (χ2n) is 5.20.